The highest BCUT2D eigenvalue weighted by molar-refractivity contribution is 14.1. The Hall–Kier alpha value is -0.0600. The van der Waals surface area contributed by atoms with Gasteiger partial charge >= 0.3 is 0 Å². The first-order valence-corrected chi connectivity index (χ1v) is 2.83. The fraction of sp³-hybridized carbons (Fsp3) is 0.250. The molecule has 0 heterocycles. The normalized spacial score (nSPS) is 7.71. The summed E-state index contributed by atoms with van der Waals surface area (Å²) in [7, 11) is 1.58. The predicted molar refractivity (Wildman–Crippen MR) is 37.2 cm³/mol. The first-order valence-electron chi connectivity index (χ1n) is 1.75. The topological polar surface area (TPSA) is 29.1 Å². The van der Waals surface area contributed by atoms with Gasteiger partial charge in [-0.05, 0) is 22.6 Å². The molecule has 0 aliphatic carbocycles. The zero-order valence-electron chi connectivity index (χ0n) is 3.99. The van der Waals surface area contributed by atoms with E-state index in [4.69, 9.17) is 0 Å². The van der Waals surface area contributed by atoms with Crippen molar-refractivity contribution in [1.82, 2.24) is 5.32 Å². The fourth-order valence-electron chi connectivity index (χ4n) is 0.136. The highest BCUT2D eigenvalue weighted by Crippen LogP contribution is 1.98. The Balaban J connectivity index is 3.58. The summed E-state index contributed by atoms with van der Waals surface area (Å²) < 4.78 is 0.514. The van der Waals surface area contributed by atoms with Crippen LogP contribution in [0.2, 0.25) is 0 Å². The number of halogens is 1. The molecular formula is C4H6INO. The van der Waals surface area contributed by atoms with Crippen LogP contribution in [0.4, 0.5) is 0 Å². The largest absolute Gasteiger partial charge is 0.355 e. The van der Waals surface area contributed by atoms with E-state index in [0.717, 1.165) is 0 Å². The summed E-state index contributed by atoms with van der Waals surface area (Å²) in [4.78, 5) is 10.3. The van der Waals surface area contributed by atoms with Gasteiger partial charge in [-0.15, -0.1) is 0 Å². The first-order chi connectivity index (χ1) is 3.18. The van der Waals surface area contributed by atoms with Crippen LogP contribution in [0.1, 0.15) is 0 Å². The number of rotatable bonds is 1. The lowest BCUT2D eigenvalue weighted by Crippen LogP contribution is -2.16. The molecule has 1 amide bonds. The summed E-state index contributed by atoms with van der Waals surface area (Å²) in [6.45, 7) is 3.40. The number of amides is 1. The minimum atomic E-state index is -0.111. The van der Waals surface area contributed by atoms with Crippen molar-refractivity contribution in [2.45, 2.75) is 0 Å². The van der Waals surface area contributed by atoms with Crippen LogP contribution in [0.25, 0.3) is 0 Å². The number of hydrogen-bond acceptors (Lipinski definition) is 1. The molecule has 1 N–H and O–H groups in total. The van der Waals surface area contributed by atoms with Gasteiger partial charge in [0.15, 0.2) is 0 Å². The van der Waals surface area contributed by atoms with Gasteiger partial charge in [0.05, 0.1) is 3.58 Å². The van der Waals surface area contributed by atoms with Crippen LogP contribution < -0.4 is 5.32 Å². The molecule has 0 saturated carbocycles. The Kier molecular flexibility index (Phi) is 2.98. The van der Waals surface area contributed by atoms with Gasteiger partial charge in [0.1, 0.15) is 0 Å². The molecule has 0 bridgehead atoms. The maximum atomic E-state index is 10.3. The third-order valence-electron chi connectivity index (χ3n) is 0.473. The molecule has 0 aliphatic heterocycles. The molecule has 0 rings (SSSR count). The third-order valence-corrected chi connectivity index (χ3v) is 0.963. The van der Waals surface area contributed by atoms with E-state index in [0.29, 0.717) is 3.58 Å². The van der Waals surface area contributed by atoms with Crippen molar-refractivity contribution < 1.29 is 4.79 Å². The Morgan fingerprint density at radius 1 is 1.86 bits per heavy atom. The van der Waals surface area contributed by atoms with E-state index in [1.54, 1.807) is 7.05 Å². The lowest BCUT2D eigenvalue weighted by atomic mass is 10.6. The highest BCUT2D eigenvalue weighted by atomic mass is 127. The van der Waals surface area contributed by atoms with E-state index in [9.17, 15) is 4.79 Å². The predicted octanol–water partition coefficient (Wildman–Crippen LogP) is 0.681. The molecule has 3 heteroatoms. The zero-order chi connectivity index (χ0) is 5.86. The van der Waals surface area contributed by atoms with Gasteiger partial charge in [-0.25, -0.2) is 0 Å². The van der Waals surface area contributed by atoms with Crippen molar-refractivity contribution in [3.05, 3.63) is 10.2 Å². The number of nitrogens with one attached hydrogen (secondary N) is 1. The van der Waals surface area contributed by atoms with Gasteiger partial charge in [0.2, 0.25) is 0 Å². The molecule has 0 unspecified atom stereocenters. The molecule has 0 aromatic rings. The lowest BCUT2D eigenvalue weighted by Gasteiger charge is -1.90. The van der Waals surface area contributed by atoms with Crippen LogP contribution in [0.5, 0.6) is 0 Å². The van der Waals surface area contributed by atoms with Crippen LogP contribution in [-0.4, -0.2) is 13.0 Å². The van der Waals surface area contributed by atoms with Crippen molar-refractivity contribution in [3.63, 3.8) is 0 Å². The van der Waals surface area contributed by atoms with E-state index >= 15 is 0 Å². The van der Waals surface area contributed by atoms with Gasteiger partial charge < -0.3 is 5.32 Å². The standard InChI is InChI=1S/C4H6INO/c1-3(5)4(7)6-2/h1H2,2H3,(H,6,7). The van der Waals surface area contributed by atoms with Gasteiger partial charge in [-0.1, -0.05) is 6.58 Å². The summed E-state index contributed by atoms with van der Waals surface area (Å²) in [5.41, 5.74) is 0. The molecule has 0 aromatic carbocycles. The van der Waals surface area contributed by atoms with E-state index in [2.05, 4.69) is 11.9 Å². The third kappa shape index (κ3) is 2.61. The number of carbonyl (C=O) groups is 1. The number of carbonyl (C=O) groups excluding carboxylic acids is 1. The molecule has 0 saturated heterocycles. The zero-order valence-corrected chi connectivity index (χ0v) is 6.15. The van der Waals surface area contributed by atoms with E-state index in [1.165, 1.54) is 0 Å². The average molecular weight is 211 g/mol. The summed E-state index contributed by atoms with van der Waals surface area (Å²) >= 11 is 1.86. The number of likely N-dealkylation sites (N-methyl/N-ethyl adjacent to an activating group) is 1. The lowest BCUT2D eigenvalue weighted by molar-refractivity contribution is -0.116. The first kappa shape index (κ1) is 6.94. The molecule has 0 atom stereocenters. The number of hydrogen-bond donors (Lipinski definition) is 1. The SMILES string of the molecule is C=C(I)C(=O)NC. The van der Waals surface area contributed by atoms with Crippen molar-refractivity contribution in [2.24, 2.45) is 0 Å². The maximum absolute atomic E-state index is 10.3. The molecule has 7 heavy (non-hydrogen) atoms. The molecule has 40 valence electrons. The fourth-order valence-corrected chi connectivity index (χ4v) is 0.405. The monoisotopic (exact) mass is 211 g/mol. The Labute approximate surface area is 56.1 Å². The molecule has 2 nitrogen and oxygen atoms in total. The molecule has 0 radical (unpaired) electrons. The molecule has 0 fully saturated rings. The van der Waals surface area contributed by atoms with Gasteiger partial charge in [0, 0.05) is 7.05 Å². The summed E-state index contributed by atoms with van der Waals surface area (Å²) in [5.74, 6) is -0.111. The van der Waals surface area contributed by atoms with E-state index < -0.39 is 0 Å². The smallest absolute Gasteiger partial charge is 0.256 e. The quantitative estimate of drug-likeness (QED) is 0.501. The van der Waals surface area contributed by atoms with Crippen molar-refractivity contribution >= 4 is 28.5 Å². The van der Waals surface area contributed by atoms with E-state index in [-0.39, 0.29) is 5.91 Å². The van der Waals surface area contributed by atoms with Gasteiger partial charge in [-0.2, -0.15) is 0 Å². The van der Waals surface area contributed by atoms with Gasteiger partial charge in [-0.3, -0.25) is 4.79 Å². The minimum absolute atomic E-state index is 0.111. The molecule has 0 aromatic heterocycles. The van der Waals surface area contributed by atoms with Crippen LogP contribution in [0.3, 0.4) is 0 Å². The second-order valence-corrected chi connectivity index (χ2v) is 2.29. The van der Waals surface area contributed by atoms with Crippen molar-refractivity contribution in [3.8, 4) is 0 Å². The molecular weight excluding hydrogens is 205 g/mol. The minimum Gasteiger partial charge on any atom is -0.355 e. The Morgan fingerprint density at radius 3 is 2.29 bits per heavy atom. The second kappa shape index (κ2) is 3.01. The Bertz CT molecular complexity index is 99.9. The van der Waals surface area contributed by atoms with Crippen LogP contribution in [-0.2, 0) is 4.79 Å². The van der Waals surface area contributed by atoms with Crippen LogP contribution in [0.15, 0.2) is 10.2 Å². The van der Waals surface area contributed by atoms with Crippen molar-refractivity contribution in [2.75, 3.05) is 7.05 Å². The second-order valence-electron chi connectivity index (χ2n) is 0.984. The van der Waals surface area contributed by atoms with E-state index in [1.807, 2.05) is 22.6 Å². The average Bonchev–Trinajstić information content (AvgIpc) is 1.65. The van der Waals surface area contributed by atoms with Gasteiger partial charge in [0.25, 0.3) is 5.91 Å². The van der Waals surface area contributed by atoms with Crippen molar-refractivity contribution in [1.29, 1.82) is 0 Å². The molecule has 0 spiro atoms. The molecule has 0 aliphatic rings. The summed E-state index contributed by atoms with van der Waals surface area (Å²) in [6.07, 6.45) is 0. The maximum Gasteiger partial charge on any atom is 0.256 e. The summed E-state index contributed by atoms with van der Waals surface area (Å²) in [5, 5.41) is 2.42. The summed E-state index contributed by atoms with van der Waals surface area (Å²) in [6, 6.07) is 0. The van der Waals surface area contributed by atoms with Crippen LogP contribution in [0, 0.1) is 0 Å². The Morgan fingerprint density at radius 2 is 2.29 bits per heavy atom. The van der Waals surface area contributed by atoms with Crippen LogP contribution >= 0.6 is 22.6 Å². The highest BCUT2D eigenvalue weighted by Gasteiger charge is 1.94.